The van der Waals surface area contributed by atoms with Crippen LogP contribution in [0.1, 0.15) is 30.5 Å². The summed E-state index contributed by atoms with van der Waals surface area (Å²) in [4.78, 5) is 28.7. The number of carbonyl (C=O) groups is 2. The molecule has 7 nitrogen and oxygen atoms in total. The van der Waals surface area contributed by atoms with Gasteiger partial charge in [0.2, 0.25) is 5.91 Å². The van der Waals surface area contributed by atoms with Gasteiger partial charge >= 0.3 is 6.09 Å². The first-order valence-electron chi connectivity index (χ1n) is 9.47. The lowest BCUT2D eigenvalue weighted by molar-refractivity contribution is -0.143. The molecule has 0 bridgehead atoms. The molecule has 3 rings (SSSR count). The van der Waals surface area contributed by atoms with Gasteiger partial charge in [-0.3, -0.25) is 9.69 Å². The van der Waals surface area contributed by atoms with Gasteiger partial charge in [0.1, 0.15) is 18.7 Å². The lowest BCUT2D eigenvalue weighted by Crippen LogP contribution is -2.61. The van der Waals surface area contributed by atoms with Crippen molar-refractivity contribution < 1.29 is 14.3 Å². The molecular formula is C22H24N4O3. The molecule has 1 aliphatic heterocycles. The molecule has 1 saturated heterocycles. The summed E-state index contributed by atoms with van der Waals surface area (Å²) in [5.41, 5.74) is 8.41. The van der Waals surface area contributed by atoms with Gasteiger partial charge in [-0.15, -0.1) is 0 Å². The molecular weight excluding hydrogens is 368 g/mol. The van der Waals surface area contributed by atoms with Crippen LogP contribution in [-0.2, 0) is 22.7 Å². The predicted molar refractivity (Wildman–Crippen MR) is 108 cm³/mol. The number of ether oxygens (including phenoxy) is 1. The Morgan fingerprint density at radius 1 is 1.21 bits per heavy atom. The minimum Gasteiger partial charge on any atom is -0.445 e. The van der Waals surface area contributed by atoms with Crippen molar-refractivity contribution in [2.75, 3.05) is 12.3 Å². The van der Waals surface area contributed by atoms with Gasteiger partial charge in [0.05, 0.1) is 11.6 Å². The van der Waals surface area contributed by atoms with Gasteiger partial charge in [-0.2, -0.15) is 5.26 Å². The van der Waals surface area contributed by atoms with Crippen molar-refractivity contribution >= 4 is 17.7 Å². The normalized spacial score (nSPS) is 19.0. The zero-order valence-corrected chi connectivity index (χ0v) is 16.5. The van der Waals surface area contributed by atoms with Crippen LogP contribution in [0.5, 0.6) is 0 Å². The summed E-state index contributed by atoms with van der Waals surface area (Å²) in [6.07, 6.45) is -0.496. The third-order valence-electron chi connectivity index (χ3n) is 5.07. The highest BCUT2D eigenvalue weighted by Gasteiger charge is 2.39. The fraction of sp³-hybridized carbons (Fsp3) is 0.318. The second kappa shape index (κ2) is 8.65. The van der Waals surface area contributed by atoms with Crippen LogP contribution in [0.4, 0.5) is 10.5 Å². The molecule has 2 atom stereocenters. The van der Waals surface area contributed by atoms with Gasteiger partial charge in [-0.1, -0.05) is 36.4 Å². The van der Waals surface area contributed by atoms with E-state index in [0.29, 0.717) is 24.3 Å². The Hall–Kier alpha value is -3.53. The van der Waals surface area contributed by atoms with E-state index in [1.54, 1.807) is 30.0 Å². The number of nitriles is 1. The Balaban J connectivity index is 1.65. The summed E-state index contributed by atoms with van der Waals surface area (Å²) in [5, 5.41) is 9.00. The molecule has 2 N–H and O–H groups in total. The minimum atomic E-state index is -0.627. The Morgan fingerprint density at radius 3 is 2.59 bits per heavy atom. The highest BCUT2D eigenvalue weighted by atomic mass is 16.6. The minimum absolute atomic E-state index is 0.150. The average molecular weight is 392 g/mol. The highest BCUT2D eigenvalue weighted by molar-refractivity contribution is 5.87. The van der Waals surface area contributed by atoms with Crippen molar-refractivity contribution in [1.29, 1.82) is 5.26 Å². The maximum atomic E-state index is 12.9. The smallest absolute Gasteiger partial charge is 0.411 e. The molecule has 0 saturated carbocycles. The number of hydrogen-bond donors (Lipinski definition) is 1. The first-order valence-corrected chi connectivity index (χ1v) is 9.47. The molecule has 7 heteroatoms. The standard InChI is InChI=1S/C22H24N4O3/c1-15-12-25(13-18-8-9-19(11-23)20(24)10-18)21(27)16(2)26(15)22(28)29-14-17-6-4-3-5-7-17/h3-10,15-16H,12-14,24H2,1-2H3/t15-,16-/m0/s1. The van der Waals surface area contributed by atoms with Crippen LogP contribution < -0.4 is 5.73 Å². The van der Waals surface area contributed by atoms with E-state index in [2.05, 4.69) is 0 Å². The number of nitrogen functional groups attached to an aromatic ring is 1. The number of rotatable bonds is 4. The van der Waals surface area contributed by atoms with Crippen LogP contribution in [0, 0.1) is 11.3 Å². The lowest BCUT2D eigenvalue weighted by Gasteiger charge is -2.43. The van der Waals surface area contributed by atoms with Gasteiger partial charge in [-0.05, 0) is 37.1 Å². The summed E-state index contributed by atoms with van der Waals surface area (Å²) >= 11 is 0. The molecule has 0 aromatic heterocycles. The molecule has 150 valence electrons. The molecule has 0 radical (unpaired) electrons. The molecule has 0 unspecified atom stereocenters. The fourth-order valence-electron chi connectivity index (χ4n) is 3.57. The Kier molecular flexibility index (Phi) is 6.03. The average Bonchev–Trinajstić information content (AvgIpc) is 2.71. The summed E-state index contributed by atoms with van der Waals surface area (Å²) in [6, 6.07) is 15.8. The number of benzene rings is 2. The van der Waals surface area contributed by atoms with E-state index in [4.69, 9.17) is 15.7 Å². The molecule has 0 aliphatic carbocycles. The van der Waals surface area contributed by atoms with Crippen molar-refractivity contribution in [3.8, 4) is 6.07 Å². The van der Waals surface area contributed by atoms with Crippen molar-refractivity contribution in [2.45, 2.75) is 39.1 Å². The number of piperazine rings is 1. The van der Waals surface area contributed by atoms with Crippen molar-refractivity contribution in [1.82, 2.24) is 9.80 Å². The van der Waals surface area contributed by atoms with E-state index in [0.717, 1.165) is 11.1 Å². The summed E-state index contributed by atoms with van der Waals surface area (Å²) < 4.78 is 5.42. The largest absolute Gasteiger partial charge is 0.445 e. The van der Waals surface area contributed by atoms with E-state index in [-0.39, 0.29) is 18.6 Å². The van der Waals surface area contributed by atoms with Gasteiger partial charge in [0.25, 0.3) is 0 Å². The highest BCUT2D eigenvalue weighted by Crippen LogP contribution is 2.22. The first kappa shape index (κ1) is 20.2. The quantitative estimate of drug-likeness (QED) is 0.807. The number of nitrogens with two attached hydrogens (primary N) is 1. The number of anilines is 1. The zero-order valence-electron chi connectivity index (χ0n) is 16.5. The Bertz CT molecular complexity index is 939. The van der Waals surface area contributed by atoms with Crippen LogP contribution in [0.3, 0.4) is 0 Å². The van der Waals surface area contributed by atoms with Gasteiger partial charge in [0.15, 0.2) is 0 Å². The molecule has 1 aliphatic rings. The molecule has 2 amide bonds. The number of nitrogens with zero attached hydrogens (tertiary/aromatic N) is 3. The second-order valence-corrected chi connectivity index (χ2v) is 7.22. The van der Waals surface area contributed by atoms with Gasteiger partial charge in [0, 0.05) is 18.8 Å². The molecule has 0 spiro atoms. The SMILES string of the molecule is C[C@H]1CN(Cc2ccc(C#N)c(N)c2)C(=O)[C@H](C)N1C(=O)OCc1ccccc1. The fourth-order valence-corrected chi connectivity index (χ4v) is 3.57. The van der Waals surface area contributed by atoms with E-state index in [1.807, 2.05) is 43.3 Å². The third-order valence-corrected chi connectivity index (χ3v) is 5.07. The zero-order chi connectivity index (χ0) is 21.0. The first-order chi connectivity index (χ1) is 13.9. The Labute approximate surface area is 170 Å². The topological polar surface area (TPSA) is 99.7 Å². The monoisotopic (exact) mass is 392 g/mol. The maximum absolute atomic E-state index is 12.9. The van der Waals surface area contributed by atoms with Crippen LogP contribution in [0.25, 0.3) is 0 Å². The maximum Gasteiger partial charge on any atom is 0.411 e. The van der Waals surface area contributed by atoms with Crippen LogP contribution in [-0.4, -0.2) is 40.4 Å². The number of carbonyl (C=O) groups excluding carboxylic acids is 2. The summed E-state index contributed by atoms with van der Waals surface area (Å²) in [7, 11) is 0. The molecule has 1 fully saturated rings. The van der Waals surface area contributed by atoms with Gasteiger partial charge in [-0.25, -0.2) is 4.79 Å². The molecule has 2 aromatic rings. The molecule has 2 aromatic carbocycles. The summed E-state index contributed by atoms with van der Waals surface area (Å²) in [6.45, 7) is 4.53. The lowest BCUT2D eigenvalue weighted by atomic mass is 10.1. The van der Waals surface area contributed by atoms with Crippen LogP contribution in [0.2, 0.25) is 0 Å². The van der Waals surface area contributed by atoms with E-state index in [1.165, 1.54) is 4.90 Å². The predicted octanol–water partition coefficient (Wildman–Crippen LogP) is 2.90. The molecule has 29 heavy (non-hydrogen) atoms. The van der Waals surface area contributed by atoms with Crippen LogP contribution >= 0.6 is 0 Å². The van der Waals surface area contributed by atoms with E-state index < -0.39 is 12.1 Å². The van der Waals surface area contributed by atoms with E-state index in [9.17, 15) is 9.59 Å². The van der Waals surface area contributed by atoms with E-state index >= 15 is 0 Å². The van der Waals surface area contributed by atoms with Crippen molar-refractivity contribution in [3.63, 3.8) is 0 Å². The second-order valence-electron chi connectivity index (χ2n) is 7.22. The Morgan fingerprint density at radius 2 is 1.93 bits per heavy atom. The number of amides is 2. The molecule has 1 heterocycles. The van der Waals surface area contributed by atoms with Crippen molar-refractivity contribution in [2.24, 2.45) is 0 Å². The van der Waals surface area contributed by atoms with Crippen molar-refractivity contribution in [3.05, 3.63) is 65.2 Å². The summed E-state index contributed by atoms with van der Waals surface area (Å²) in [5.74, 6) is -0.150. The van der Waals surface area contributed by atoms with Gasteiger partial charge < -0.3 is 15.4 Å². The third kappa shape index (κ3) is 4.49. The number of hydrogen-bond acceptors (Lipinski definition) is 5. The van der Waals surface area contributed by atoms with Crippen LogP contribution in [0.15, 0.2) is 48.5 Å².